The van der Waals surface area contributed by atoms with Crippen LogP contribution in [0.2, 0.25) is 0 Å². The van der Waals surface area contributed by atoms with E-state index in [0.717, 1.165) is 4.90 Å². The van der Waals surface area contributed by atoms with Gasteiger partial charge in [0.25, 0.3) is 0 Å². The first-order valence-corrected chi connectivity index (χ1v) is 7.23. The summed E-state index contributed by atoms with van der Waals surface area (Å²) in [4.78, 5) is 25.5. The Balaban J connectivity index is 2.91. The van der Waals surface area contributed by atoms with Crippen LogP contribution in [0.1, 0.15) is 54.9 Å². The van der Waals surface area contributed by atoms with Crippen LogP contribution < -0.4 is 0 Å². The lowest BCUT2D eigenvalue weighted by Crippen LogP contribution is -2.50. The van der Waals surface area contributed by atoms with E-state index in [9.17, 15) is 14.7 Å². The first-order chi connectivity index (χ1) is 9.32. The molecule has 2 unspecified atom stereocenters. The summed E-state index contributed by atoms with van der Waals surface area (Å²) >= 11 is 0. The van der Waals surface area contributed by atoms with Crippen LogP contribution in [0.4, 0.5) is 0 Å². The molecule has 0 spiro atoms. The minimum Gasteiger partial charge on any atom is -0.458 e. The van der Waals surface area contributed by atoms with E-state index in [1.165, 1.54) is 0 Å². The smallest absolute Gasteiger partial charge is 0.329 e. The molecule has 3 atom stereocenters. The topological polar surface area (TPSA) is 76.1 Å². The fourth-order valence-corrected chi connectivity index (χ4v) is 2.17. The highest BCUT2D eigenvalue weighted by molar-refractivity contribution is 5.89. The number of carbonyl (C=O) groups is 2. The van der Waals surface area contributed by atoms with Gasteiger partial charge in [0.2, 0.25) is 12.3 Å². The van der Waals surface area contributed by atoms with Gasteiger partial charge in [0.05, 0.1) is 5.60 Å². The molecule has 0 radical (unpaired) electrons. The van der Waals surface area contributed by atoms with E-state index in [-0.39, 0.29) is 11.8 Å². The molecule has 0 bridgehead atoms. The van der Waals surface area contributed by atoms with Crippen molar-refractivity contribution in [2.24, 2.45) is 5.92 Å². The molecular weight excluding hydrogens is 274 g/mol. The van der Waals surface area contributed by atoms with Gasteiger partial charge < -0.3 is 14.6 Å². The van der Waals surface area contributed by atoms with Crippen LogP contribution in [0.15, 0.2) is 0 Å². The van der Waals surface area contributed by atoms with Crippen molar-refractivity contribution in [3.8, 4) is 0 Å². The van der Waals surface area contributed by atoms with Crippen LogP contribution in [-0.2, 0) is 19.1 Å². The van der Waals surface area contributed by atoms with Crippen molar-refractivity contribution in [3.63, 3.8) is 0 Å². The second-order valence-electron chi connectivity index (χ2n) is 7.49. The van der Waals surface area contributed by atoms with E-state index < -0.39 is 29.6 Å². The lowest BCUT2D eigenvalue weighted by molar-refractivity contribution is -0.242. The molecule has 1 rings (SSSR count). The van der Waals surface area contributed by atoms with Crippen molar-refractivity contribution in [1.82, 2.24) is 4.90 Å². The Morgan fingerprint density at radius 2 is 1.76 bits per heavy atom. The third kappa shape index (κ3) is 4.97. The number of likely N-dealkylation sites (tertiary alicyclic amines) is 1. The molecule has 6 nitrogen and oxygen atoms in total. The molecule has 1 amide bonds. The number of aliphatic hydroxyl groups excluding tert-OH is 1. The molecule has 0 aromatic heterocycles. The third-order valence-electron chi connectivity index (χ3n) is 2.96. The summed E-state index contributed by atoms with van der Waals surface area (Å²) < 4.78 is 10.7. The zero-order valence-electron chi connectivity index (χ0n) is 14.0. The Hall–Kier alpha value is -1.14. The fourth-order valence-electron chi connectivity index (χ4n) is 2.17. The Morgan fingerprint density at radius 3 is 2.19 bits per heavy atom. The summed E-state index contributed by atoms with van der Waals surface area (Å²) in [5.41, 5.74) is -1.28. The Kier molecular flexibility index (Phi) is 5.05. The van der Waals surface area contributed by atoms with Gasteiger partial charge in [-0.2, -0.15) is 0 Å². The molecule has 1 heterocycles. The molecule has 0 aliphatic carbocycles. The molecular formula is C15H27NO5. The minimum absolute atomic E-state index is 0.303. The fraction of sp³-hybridized carbons (Fsp3) is 0.867. The van der Waals surface area contributed by atoms with Crippen LogP contribution in [0, 0.1) is 5.92 Å². The molecule has 6 heteroatoms. The Labute approximate surface area is 126 Å². The second kappa shape index (κ2) is 5.93. The van der Waals surface area contributed by atoms with Crippen LogP contribution in [-0.4, -0.2) is 45.5 Å². The van der Waals surface area contributed by atoms with Crippen molar-refractivity contribution in [3.05, 3.63) is 0 Å². The van der Waals surface area contributed by atoms with Gasteiger partial charge in [0.1, 0.15) is 11.6 Å². The molecule has 1 aliphatic heterocycles. The molecule has 0 aromatic rings. The predicted molar refractivity (Wildman–Crippen MR) is 77.1 cm³/mol. The Bertz CT molecular complexity index is 407. The van der Waals surface area contributed by atoms with Gasteiger partial charge in [-0.1, -0.05) is 6.92 Å². The van der Waals surface area contributed by atoms with Gasteiger partial charge >= 0.3 is 5.97 Å². The van der Waals surface area contributed by atoms with Crippen molar-refractivity contribution >= 4 is 11.9 Å². The van der Waals surface area contributed by atoms with Gasteiger partial charge in [-0.15, -0.1) is 0 Å². The standard InChI is InChI=1S/C15H27NO5/c1-9-8-10(12(18)20-14(2,3)4)16(11(9)17)13(19)21-15(5,6)7/h9-10,13,19H,8H2,1-7H3/t9?,10-,13?/m0/s1. The summed E-state index contributed by atoms with van der Waals surface area (Å²) in [5.74, 6) is -1.17. The van der Waals surface area contributed by atoms with E-state index in [4.69, 9.17) is 9.47 Å². The number of ether oxygens (including phenoxy) is 2. The highest BCUT2D eigenvalue weighted by atomic mass is 16.6. The van der Waals surface area contributed by atoms with Crippen molar-refractivity contribution in [2.45, 2.75) is 78.5 Å². The number of nitrogens with zero attached hydrogens (tertiary/aromatic N) is 1. The van der Waals surface area contributed by atoms with Crippen LogP contribution in [0.5, 0.6) is 0 Å². The molecule has 1 N–H and O–H groups in total. The van der Waals surface area contributed by atoms with Crippen LogP contribution >= 0.6 is 0 Å². The lowest BCUT2D eigenvalue weighted by Gasteiger charge is -2.33. The maximum atomic E-state index is 12.2. The maximum absolute atomic E-state index is 12.2. The van der Waals surface area contributed by atoms with E-state index in [2.05, 4.69) is 0 Å². The summed E-state index contributed by atoms with van der Waals surface area (Å²) in [5, 5.41) is 10.2. The first kappa shape index (κ1) is 17.9. The molecule has 1 aliphatic rings. The lowest BCUT2D eigenvalue weighted by atomic mass is 10.1. The maximum Gasteiger partial charge on any atom is 0.329 e. The zero-order valence-corrected chi connectivity index (χ0v) is 14.0. The number of amides is 1. The average Bonchev–Trinajstić information content (AvgIpc) is 2.50. The molecule has 1 saturated heterocycles. The summed E-state index contributed by atoms with van der Waals surface area (Å²) in [7, 11) is 0. The molecule has 1 fully saturated rings. The van der Waals surface area contributed by atoms with Gasteiger partial charge in [-0.3, -0.25) is 9.69 Å². The molecule has 0 aromatic carbocycles. The number of rotatable bonds is 3. The van der Waals surface area contributed by atoms with Crippen molar-refractivity contribution < 1.29 is 24.2 Å². The zero-order chi connectivity index (χ0) is 16.6. The summed E-state index contributed by atoms with van der Waals surface area (Å²) in [6, 6.07) is -0.816. The van der Waals surface area contributed by atoms with Gasteiger partial charge in [0.15, 0.2) is 0 Å². The highest BCUT2D eigenvalue weighted by Crippen LogP contribution is 2.29. The van der Waals surface area contributed by atoms with Crippen LogP contribution in [0.3, 0.4) is 0 Å². The number of hydrogen-bond acceptors (Lipinski definition) is 5. The van der Waals surface area contributed by atoms with Crippen molar-refractivity contribution in [2.75, 3.05) is 0 Å². The SMILES string of the molecule is CC1C[C@@H](C(=O)OC(C)(C)C)N(C(O)OC(C)(C)C)C1=O. The number of carbonyl (C=O) groups excluding carboxylic acids is 2. The molecule has 122 valence electrons. The number of aliphatic hydroxyl groups is 1. The molecule has 21 heavy (non-hydrogen) atoms. The third-order valence-corrected chi connectivity index (χ3v) is 2.96. The number of hydrogen-bond donors (Lipinski definition) is 1. The quantitative estimate of drug-likeness (QED) is 0.633. The molecule has 0 saturated carbocycles. The highest BCUT2D eigenvalue weighted by Gasteiger charge is 2.47. The summed E-state index contributed by atoms with van der Waals surface area (Å²) in [6.45, 7) is 12.3. The monoisotopic (exact) mass is 301 g/mol. The van der Waals surface area contributed by atoms with Gasteiger partial charge in [-0.05, 0) is 48.0 Å². The van der Waals surface area contributed by atoms with Crippen LogP contribution in [0.25, 0.3) is 0 Å². The summed E-state index contributed by atoms with van der Waals surface area (Å²) in [6.07, 6.45) is -1.14. The minimum atomic E-state index is -1.46. The van der Waals surface area contributed by atoms with Gasteiger partial charge in [-0.25, -0.2) is 4.79 Å². The first-order valence-electron chi connectivity index (χ1n) is 7.23. The van der Waals surface area contributed by atoms with E-state index >= 15 is 0 Å². The van der Waals surface area contributed by atoms with Gasteiger partial charge in [0, 0.05) is 5.92 Å². The van der Waals surface area contributed by atoms with E-state index in [1.807, 2.05) is 0 Å². The second-order valence-corrected chi connectivity index (χ2v) is 7.49. The van der Waals surface area contributed by atoms with E-state index in [1.54, 1.807) is 48.5 Å². The Morgan fingerprint density at radius 1 is 1.24 bits per heavy atom. The normalized spacial score (nSPS) is 25.1. The average molecular weight is 301 g/mol. The number of esters is 1. The van der Waals surface area contributed by atoms with E-state index in [0.29, 0.717) is 6.42 Å². The largest absolute Gasteiger partial charge is 0.458 e. The van der Waals surface area contributed by atoms with Crippen molar-refractivity contribution in [1.29, 1.82) is 0 Å². The predicted octanol–water partition coefficient (Wildman–Crippen LogP) is 1.66.